The third kappa shape index (κ3) is 2.21. The van der Waals surface area contributed by atoms with Crippen molar-refractivity contribution in [3.63, 3.8) is 0 Å². The number of benzene rings is 1. The lowest BCUT2D eigenvalue weighted by Crippen LogP contribution is -2.00. The molecule has 0 spiro atoms. The number of hydrogen-bond donors (Lipinski definition) is 1. The van der Waals surface area contributed by atoms with Crippen LogP contribution in [0.25, 0.3) is 17.1 Å². The van der Waals surface area contributed by atoms with Gasteiger partial charge in [0.05, 0.1) is 5.69 Å². The fourth-order valence-electron chi connectivity index (χ4n) is 2.05. The van der Waals surface area contributed by atoms with Gasteiger partial charge in [0.25, 0.3) is 0 Å². The smallest absolute Gasteiger partial charge is 0.200 e. The Morgan fingerprint density at radius 3 is 2.85 bits per heavy atom. The van der Waals surface area contributed by atoms with Gasteiger partial charge in [-0.05, 0) is 49.0 Å². The van der Waals surface area contributed by atoms with E-state index in [2.05, 4.69) is 31.1 Å². The highest BCUT2D eigenvalue weighted by Gasteiger charge is 2.13. The number of hydrogen-bond acceptors (Lipinski definition) is 3. The lowest BCUT2D eigenvalue weighted by molar-refractivity contribution is 1.02. The zero-order valence-corrected chi connectivity index (χ0v) is 13.1. The summed E-state index contributed by atoms with van der Waals surface area (Å²) >= 11 is 8.91. The van der Waals surface area contributed by atoms with Gasteiger partial charge in [-0.1, -0.05) is 22.0 Å². The molecule has 0 unspecified atom stereocenters. The van der Waals surface area contributed by atoms with Crippen molar-refractivity contribution >= 4 is 28.1 Å². The molecular weight excluding hydrogens is 336 g/mol. The van der Waals surface area contributed by atoms with Crippen LogP contribution in [0.15, 0.2) is 47.2 Å². The molecule has 3 rings (SSSR count). The third-order valence-corrected chi connectivity index (χ3v) is 4.21. The zero-order valence-electron chi connectivity index (χ0n) is 10.7. The summed E-state index contributed by atoms with van der Waals surface area (Å²) in [7, 11) is 0. The van der Waals surface area contributed by atoms with Crippen LogP contribution in [0.2, 0.25) is 0 Å². The van der Waals surface area contributed by atoms with Crippen molar-refractivity contribution in [2.24, 2.45) is 0 Å². The molecule has 100 valence electrons. The normalized spacial score (nSPS) is 10.7. The number of aromatic nitrogens is 4. The van der Waals surface area contributed by atoms with Crippen LogP contribution in [0.3, 0.4) is 0 Å². The van der Waals surface area contributed by atoms with E-state index in [1.54, 1.807) is 12.4 Å². The Kier molecular flexibility index (Phi) is 3.50. The van der Waals surface area contributed by atoms with E-state index in [-0.39, 0.29) is 0 Å². The largest absolute Gasteiger partial charge is 0.268 e. The summed E-state index contributed by atoms with van der Waals surface area (Å²) in [6, 6.07) is 9.85. The van der Waals surface area contributed by atoms with Gasteiger partial charge in [0.15, 0.2) is 10.6 Å². The van der Waals surface area contributed by atoms with Crippen molar-refractivity contribution in [1.82, 2.24) is 19.7 Å². The maximum Gasteiger partial charge on any atom is 0.200 e. The number of aromatic amines is 1. The quantitative estimate of drug-likeness (QED) is 0.711. The molecule has 2 aromatic heterocycles. The van der Waals surface area contributed by atoms with E-state index in [0.717, 1.165) is 27.1 Å². The van der Waals surface area contributed by atoms with Crippen molar-refractivity contribution in [3.05, 3.63) is 57.5 Å². The summed E-state index contributed by atoms with van der Waals surface area (Å²) in [4.78, 5) is 4.13. The van der Waals surface area contributed by atoms with E-state index in [9.17, 15) is 0 Å². The second kappa shape index (κ2) is 5.30. The third-order valence-electron chi connectivity index (χ3n) is 3.07. The number of nitrogens with one attached hydrogen (secondary N) is 1. The van der Waals surface area contributed by atoms with Gasteiger partial charge in [-0.25, -0.2) is 0 Å². The van der Waals surface area contributed by atoms with Crippen LogP contribution < -0.4 is 0 Å². The predicted molar refractivity (Wildman–Crippen MR) is 84.4 cm³/mol. The van der Waals surface area contributed by atoms with Crippen LogP contribution in [-0.4, -0.2) is 19.7 Å². The van der Waals surface area contributed by atoms with E-state index in [1.165, 1.54) is 0 Å². The lowest BCUT2D eigenvalue weighted by atomic mass is 10.2. The maximum atomic E-state index is 5.37. The highest BCUT2D eigenvalue weighted by Crippen LogP contribution is 2.26. The molecule has 0 radical (unpaired) electrons. The van der Waals surface area contributed by atoms with Crippen molar-refractivity contribution in [3.8, 4) is 17.1 Å². The molecule has 0 fully saturated rings. The molecule has 0 bridgehead atoms. The van der Waals surface area contributed by atoms with Gasteiger partial charge in [-0.2, -0.15) is 5.10 Å². The van der Waals surface area contributed by atoms with Crippen molar-refractivity contribution < 1.29 is 0 Å². The first kappa shape index (κ1) is 13.2. The molecule has 1 N–H and O–H groups in total. The Balaban J connectivity index is 2.28. The van der Waals surface area contributed by atoms with Crippen LogP contribution in [0.1, 0.15) is 5.56 Å². The Morgan fingerprint density at radius 1 is 1.25 bits per heavy atom. The van der Waals surface area contributed by atoms with E-state index in [1.807, 2.05) is 41.8 Å². The highest BCUT2D eigenvalue weighted by molar-refractivity contribution is 9.10. The van der Waals surface area contributed by atoms with Crippen molar-refractivity contribution in [2.45, 2.75) is 6.92 Å². The first-order chi connectivity index (χ1) is 9.68. The van der Waals surface area contributed by atoms with Crippen LogP contribution in [0, 0.1) is 11.7 Å². The summed E-state index contributed by atoms with van der Waals surface area (Å²) in [6.45, 7) is 2.04. The number of pyridine rings is 1. The average Bonchev–Trinajstić information content (AvgIpc) is 2.85. The van der Waals surface area contributed by atoms with E-state index in [0.29, 0.717) is 4.77 Å². The van der Waals surface area contributed by atoms with Crippen LogP contribution in [-0.2, 0) is 0 Å². The molecule has 0 aliphatic heterocycles. The topological polar surface area (TPSA) is 46.5 Å². The second-order valence-electron chi connectivity index (χ2n) is 4.31. The van der Waals surface area contributed by atoms with Gasteiger partial charge in [-0.3, -0.25) is 14.6 Å². The maximum absolute atomic E-state index is 5.37. The van der Waals surface area contributed by atoms with Gasteiger partial charge >= 0.3 is 0 Å². The molecule has 0 aliphatic rings. The molecular formula is C14H11BrN4S. The van der Waals surface area contributed by atoms with Crippen LogP contribution in [0.5, 0.6) is 0 Å². The average molecular weight is 347 g/mol. The fourth-order valence-corrected chi connectivity index (χ4v) is 2.63. The van der Waals surface area contributed by atoms with E-state index < -0.39 is 0 Å². The summed E-state index contributed by atoms with van der Waals surface area (Å²) in [5.41, 5.74) is 3.02. The second-order valence-corrected chi connectivity index (χ2v) is 5.55. The molecule has 0 saturated heterocycles. The first-order valence-corrected chi connectivity index (χ1v) is 7.22. The molecule has 0 saturated carbocycles. The van der Waals surface area contributed by atoms with Crippen molar-refractivity contribution in [2.75, 3.05) is 0 Å². The minimum atomic E-state index is 0.560. The molecule has 0 atom stereocenters. The summed E-state index contributed by atoms with van der Waals surface area (Å²) < 4.78 is 3.52. The molecule has 0 amide bonds. The van der Waals surface area contributed by atoms with Crippen LogP contribution in [0.4, 0.5) is 0 Å². The van der Waals surface area contributed by atoms with Gasteiger partial charge in [0.2, 0.25) is 0 Å². The molecule has 4 nitrogen and oxygen atoms in total. The highest BCUT2D eigenvalue weighted by atomic mass is 79.9. The fraction of sp³-hybridized carbons (Fsp3) is 0.0714. The lowest BCUT2D eigenvalue weighted by Gasteiger charge is -2.11. The standard InChI is InChI=1S/C14H11BrN4S/c1-9-11(15)5-2-6-12(9)19-13(17-18-14(19)20)10-4-3-7-16-8-10/h2-8H,1H3,(H,18,20). The molecule has 0 aliphatic carbocycles. The van der Waals surface area contributed by atoms with Gasteiger partial charge in [0.1, 0.15) is 0 Å². The first-order valence-electron chi connectivity index (χ1n) is 6.02. The number of halogens is 1. The predicted octanol–water partition coefficient (Wildman–Crippen LogP) is 4.06. The summed E-state index contributed by atoms with van der Waals surface area (Å²) in [6.07, 6.45) is 3.51. The molecule has 20 heavy (non-hydrogen) atoms. The van der Waals surface area contributed by atoms with Gasteiger partial charge in [0, 0.05) is 22.4 Å². The summed E-state index contributed by atoms with van der Waals surface area (Å²) in [5.74, 6) is 0.754. The molecule has 3 aromatic rings. The Labute approximate surface area is 129 Å². The van der Waals surface area contributed by atoms with Gasteiger partial charge < -0.3 is 0 Å². The number of rotatable bonds is 2. The molecule has 1 aromatic carbocycles. The van der Waals surface area contributed by atoms with Crippen LogP contribution >= 0.6 is 28.1 Å². The minimum Gasteiger partial charge on any atom is -0.268 e. The van der Waals surface area contributed by atoms with Gasteiger partial charge in [-0.15, -0.1) is 0 Å². The van der Waals surface area contributed by atoms with Crippen molar-refractivity contribution in [1.29, 1.82) is 0 Å². The number of nitrogens with zero attached hydrogens (tertiary/aromatic N) is 3. The summed E-state index contributed by atoms with van der Waals surface area (Å²) in [5, 5.41) is 7.18. The Bertz CT molecular complexity index is 808. The van der Waals surface area contributed by atoms with E-state index in [4.69, 9.17) is 12.2 Å². The molecule has 2 heterocycles. The SMILES string of the molecule is Cc1c(Br)cccc1-n1c(-c2cccnc2)n[nH]c1=S. The Hall–Kier alpha value is -1.79. The minimum absolute atomic E-state index is 0.560. The monoisotopic (exact) mass is 346 g/mol. The van der Waals surface area contributed by atoms with E-state index >= 15 is 0 Å². The Morgan fingerprint density at radius 2 is 2.10 bits per heavy atom. The zero-order chi connectivity index (χ0) is 14.1. The molecule has 6 heteroatoms. The number of H-pyrrole nitrogens is 1.